The van der Waals surface area contributed by atoms with Crippen LogP contribution in [0.3, 0.4) is 0 Å². The van der Waals surface area contributed by atoms with Crippen molar-refractivity contribution in [3.05, 3.63) is 52.8 Å². The number of aromatic nitrogens is 1. The van der Waals surface area contributed by atoms with E-state index in [0.29, 0.717) is 18.8 Å². The van der Waals surface area contributed by atoms with E-state index in [9.17, 15) is 0 Å². The first-order valence-electron chi connectivity index (χ1n) is 9.66. The van der Waals surface area contributed by atoms with Gasteiger partial charge in [-0.1, -0.05) is 6.07 Å². The molecular formula is C22H28N2O2. The van der Waals surface area contributed by atoms with E-state index in [1.807, 2.05) is 6.07 Å². The highest BCUT2D eigenvalue weighted by atomic mass is 16.7. The first-order chi connectivity index (χ1) is 12.6. The minimum atomic E-state index is 0.337. The molecule has 4 rings (SSSR count). The summed E-state index contributed by atoms with van der Waals surface area (Å²) in [6, 6.07) is 11.2. The Morgan fingerprint density at radius 2 is 1.88 bits per heavy atom. The van der Waals surface area contributed by atoms with Gasteiger partial charge >= 0.3 is 0 Å². The smallest absolute Gasteiger partial charge is 0.231 e. The fourth-order valence-electron chi connectivity index (χ4n) is 4.37. The largest absolute Gasteiger partial charge is 0.454 e. The third-order valence-corrected chi connectivity index (χ3v) is 5.64. The van der Waals surface area contributed by atoms with Gasteiger partial charge in [-0.3, -0.25) is 9.88 Å². The number of rotatable bonds is 4. The van der Waals surface area contributed by atoms with E-state index < -0.39 is 0 Å². The van der Waals surface area contributed by atoms with Crippen LogP contribution in [-0.4, -0.2) is 29.8 Å². The second-order valence-corrected chi connectivity index (χ2v) is 7.75. The number of fused-ring (bicyclic) bond motifs is 1. The van der Waals surface area contributed by atoms with Gasteiger partial charge in [0.05, 0.1) is 0 Å². The molecule has 2 aromatic rings. The van der Waals surface area contributed by atoms with Crippen molar-refractivity contribution >= 4 is 0 Å². The van der Waals surface area contributed by atoms with Crippen LogP contribution in [0.5, 0.6) is 11.5 Å². The van der Waals surface area contributed by atoms with E-state index >= 15 is 0 Å². The number of piperidine rings is 1. The van der Waals surface area contributed by atoms with Gasteiger partial charge in [0.2, 0.25) is 6.79 Å². The zero-order valence-electron chi connectivity index (χ0n) is 16.0. The van der Waals surface area contributed by atoms with Crippen molar-refractivity contribution in [3.8, 4) is 11.5 Å². The normalized spacial score (nSPS) is 21.0. The number of hydrogen-bond acceptors (Lipinski definition) is 4. The Morgan fingerprint density at radius 3 is 2.69 bits per heavy atom. The summed E-state index contributed by atoms with van der Waals surface area (Å²) in [5.41, 5.74) is 4.99. The third-order valence-electron chi connectivity index (χ3n) is 5.64. The van der Waals surface area contributed by atoms with Gasteiger partial charge in [0.25, 0.3) is 0 Å². The van der Waals surface area contributed by atoms with Gasteiger partial charge < -0.3 is 9.47 Å². The molecule has 0 aliphatic carbocycles. The molecule has 138 valence electrons. The Kier molecular flexibility index (Phi) is 4.86. The first kappa shape index (κ1) is 17.3. The number of nitrogens with zero attached hydrogens (tertiary/aromatic N) is 2. The molecule has 2 atom stereocenters. The van der Waals surface area contributed by atoms with Gasteiger partial charge in [0, 0.05) is 24.0 Å². The summed E-state index contributed by atoms with van der Waals surface area (Å²) in [6.07, 6.45) is 3.72. The fraction of sp³-hybridized carbons (Fsp3) is 0.500. The van der Waals surface area contributed by atoms with Crippen molar-refractivity contribution < 1.29 is 9.47 Å². The fourth-order valence-corrected chi connectivity index (χ4v) is 4.37. The summed E-state index contributed by atoms with van der Waals surface area (Å²) in [5, 5.41) is 0. The first-order valence-corrected chi connectivity index (χ1v) is 9.66. The minimum Gasteiger partial charge on any atom is -0.454 e. The summed E-state index contributed by atoms with van der Waals surface area (Å²) in [6.45, 7) is 9.14. The van der Waals surface area contributed by atoms with E-state index in [4.69, 9.17) is 9.47 Å². The van der Waals surface area contributed by atoms with E-state index in [0.717, 1.165) is 35.9 Å². The summed E-state index contributed by atoms with van der Waals surface area (Å²) in [5.74, 6) is 2.45. The zero-order valence-corrected chi connectivity index (χ0v) is 16.0. The average molecular weight is 352 g/mol. The van der Waals surface area contributed by atoms with Gasteiger partial charge in [0.1, 0.15) is 0 Å². The molecule has 0 amide bonds. The van der Waals surface area contributed by atoms with Crippen LogP contribution in [0.4, 0.5) is 0 Å². The maximum absolute atomic E-state index is 5.55. The average Bonchev–Trinajstić information content (AvgIpc) is 3.08. The van der Waals surface area contributed by atoms with Crippen molar-refractivity contribution in [1.29, 1.82) is 0 Å². The molecule has 1 saturated heterocycles. The second kappa shape index (κ2) is 7.28. The maximum Gasteiger partial charge on any atom is 0.231 e. The lowest BCUT2D eigenvalue weighted by Gasteiger charge is -2.37. The molecule has 2 aliphatic rings. The lowest BCUT2D eigenvalue weighted by Crippen LogP contribution is -2.38. The predicted octanol–water partition coefficient (Wildman–Crippen LogP) is 4.44. The number of ether oxygens (including phenoxy) is 2. The molecule has 0 spiro atoms. The highest BCUT2D eigenvalue weighted by Crippen LogP contribution is 2.36. The van der Waals surface area contributed by atoms with Crippen LogP contribution in [0.25, 0.3) is 0 Å². The number of pyridine rings is 1. The van der Waals surface area contributed by atoms with Crippen molar-refractivity contribution in [2.24, 2.45) is 5.92 Å². The Morgan fingerprint density at radius 1 is 1.12 bits per heavy atom. The number of benzene rings is 1. The van der Waals surface area contributed by atoms with Gasteiger partial charge in [-0.05, 0) is 87.9 Å². The molecule has 1 aromatic carbocycles. The van der Waals surface area contributed by atoms with Crippen LogP contribution >= 0.6 is 0 Å². The highest BCUT2D eigenvalue weighted by Gasteiger charge is 2.26. The van der Waals surface area contributed by atoms with Crippen LogP contribution in [0.2, 0.25) is 0 Å². The molecule has 2 aliphatic heterocycles. The predicted molar refractivity (Wildman–Crippen MR) is 103 cm³/mol. The molecule has 1 fully saturated rings. The van der Waals surface area contributed by atoms with Crippen molar-refractivity contribution in [1.82, 2.24) is 9.88 Å². The quantitative estimate of drug-likeness (QED) is 0.815. The molecule has 0 saturated carbocycles. The Labute approximate surface area is 156 Å². The van der Waals surface area contributed by atoms with Crippen molar-refractivity contribution in [2.75, 3.05) is 19.9 Å². The molecule has 2 unspecified atom stereocenters. The molecule has 26 heavy (non-hydrogen) atoms. The summed E-state index contributed by atoms with van der Waals surface area (Å²) in [7, 11) is 0. The van der Waals surface area contributed by atoms with Gasteiger partial charge in [-0.25, -0.2) is 0 Å². The van der Waals surface area contributed by atoms with Gasteiger partial charge in [-0.15, -0.1) is 0 Å². The van der Waals surface area contributed by atoms with Crippen molar-refractivity contribution in [2.45, 2.75) is 46.1 Å². The molecule has 1 aromatic heterocycles. The van der Waals surface area contributed by atoms with Gasteiger partial charge in [-0.2, -0.15) is 0 Å². The van der Waals surface area contributed by atoms with E-state index in [1.165, 1.54) is 30.5 Å². The lowest BCUT2D eigenvalue weighted by atomic mass is 9.89. The van der Waals surface area contributed by atoms with Crippen LogP contribution in [0, 0.1) is 19.8 Å². The molecule has 0 N–H and O–H groups in total. The Bertz CT molecular complexity index is 769. The molecule has 0 bridgehead atoms. The van der Waals surface area contributed by atoms with E-state index in [1.54, 1.807) is 0 Å². The Balaban J connectivity index is 1.44. The van der Waals surface area contributed by atoms with Crippen LogP contribution in [-0.2, 0) is 6.42 Å². The summed E-state index contributed by atoms with van der Waals surface area (Å²) in [4.78, 5) is 7.12. The summed E-state index contributed by atoms with van der Waals surface area (Å²) < 4.78 is 11.0. The minimum absolute atomic E-state index is 0.337. The molecular weight excluding hydrogens is 324 g/mol. The third kappa shape index (κ3) is 3.70. The number of hydrogen-bond donors (Lipinski definition) is 0. The highest BCUT2D eigenvalue weighted by molar-refractivity contribution is 5.45. The Hall–Kier alpha value is -2.07. The van der Waals surface area contributed by atoms with Crippen LogP contribution in [0.1, 0.15) is 48.3 Å². The topological polar surface area (TPSA) is 34.6 Å². The summed E-state index contributed by atoms with van der Waals surface area (Å²) >= 11 is 0. The molecule has 0 radical (unpaired) electrons. The molecule has 3 heterocycles. The zero-order chi connectivity index (χ0) is 18.1. The number of likely N-dealkylation sites (tertiary alicyclic amines) is 1. The van der Waals surface area contributed by atoms with Gasteiger partial charge in [0.15, 0.2) is 11.5 Å². The SMILES string of the molecule is Cc1cc(CC2CCCN(C(C)c3ccc4c(c3)OCO4)C2)cc(C)n1. The maximum atomic E-state index is 5.55. The van der Waals surface area contributed by atoms with Crippen LogP contribution < -0.4 is 9.47 Å². The lowest BCUT2D eigenvalue weighted by molar-refractivity contribution is 0.131. The standard InChI is InChI=1S/C22H28N2O2/c1-15-9-19(10-16(2)23-15)11-18-5-4-8-24(13-18)17(3)20-6-7-21-22(12-20)26-14-25-21/h6-7,9-10,12,17-18H,4-5,8,11,13-14H2,1-3H3. The molecule has 4 heteroatoms. The second-order valence-electron chi connectivity index (χ2n) is 7.75. The van der Waals surface area contributed by atoms with E-state index in [2.05, 4.69) is 54.9 Å². The van der Waals surface area contributed by atoms with Crippen LogP contribution in [0.15, 0.2) is 30.3 Å². The number of aryl methyl sites for hydroxylation is 2. The van der Waals surface area contributed by atoms with Crippen molar-refractivity contribution in [3.63, 3.8) is 0 Å². The monoisotopic (exact) mass is 352 g/mol. The van der Waals surface area contributed by atoms with E-state index in [-0.39, 0.29) is 0 Å². The molecule has 4 nitrogen and oxygen atoms in total.